The minimum absolute atomic E-state index is 0.414. The number of nitrogens with one attached hydrogen (secondary N) is 1. The molecule has 96 valence electrons. The predicted octanol–water partition coefficient (Wildman–Crippen LogP) is 2.80. The molecule has 4 heteroatoms. The normalized spacial score (nSPS) is 28.6. The van der Waals surface area contributed by atoms with Gasteiger partial charge in [0.25, 0.3) is 0 Å². The van der Waals surface area contributed by atoms with Crippen molar-refractivity contribution in [3.8, 4) is 5.75 Å². The van der Waals surface area contributed by atoms with E-state index < -0.39 is 5.72 Å². The van der Waals surface area contributed by atoms with Crippen molar-refractivity contribution in [3.05, 3.63) is 30.5 Å². The van der Waals surface area contributed by atoms with Crippen molar-refractivity contribution >= 4 is 22.8 Å². The van der Waals surface area contributed by atoms with Crippen LogP contribution in [0, 0.1) is 0 Å². The van der Waals surface area contributed by atoms with Gasteiger partial charge < -0.3 is 4.74 Å². The number of fused-ring (bicyclic) bond motifs is 3. The third-order valence-corrected chi connectivity index (χ3v) is 3.85. The molecule has 0 radical (unpaired) electrons. The van der Waals surface area contributed by atoms with E-state index in [1.165, 1.54) is 0 Å². The summed E-state index contributed by atoms with van der Waals surface area (Å²) in [5.41, 5.74) is 1.42. The monoisotopic (exact) mass is 253 g/mol. The van der Waals surface area contributed by atoms with Crippen molar-refractivity contribution < 1.29 is 4.74 Å². The van der Waals surface area contributed by atoms with Crippen LogP contribution in [0.3, 0.4) is 0 Å². The molecule has 2 aliphatic heterocycles. The summed E-state index contributed by atoms with van der Waals surface area (Å²) in [6.45, 7) is 2.17. The summed E-state index contributed by atoms with van der Waals surface area (Å²) in [7, 11) is 0. The first-order chi connectivity index (χ1) is 9.26. The maximum atomic E-state index is 6.17. The molecule has 1 spiro atoms. The predicted molar refractivity (Wildman–Crippen MR) is 75.1 cm³/mol. The first-order valence-corrected chi connectivity index (χ1v) is 6.65. The fourth-order valence-corrected chi connectivity index (χ4v) is 2.90. The third-order valence-electron chi connectivity index (χ3n) is 3.85. The molecule has 0 amide bonds. The van der Waals surface area contributed by atoms with Gasteiger partial charge in [0, 0.05) is 24.0 Å². The van der Waals surface area contributed by atoms with E-state index in [2.05, 4.69) is 22.2 Å². The molecule has 0 bridgehead atoms. The smallest absolute Gasteiger partial charge is 0.197 e. The molecule has 1 aromatic carbocycles. The molecular weight excluding hydrogens is 238 g/mol. The number of rotatable bonds is 0. The second kappa shape index (κ2) is 3.78. The second-order valence-electron chi connectivity index (χ2n) is 5.32. The van der Waals surface area contributed by atoms with Gasteiger partial charge in [0.1, 0.15) is 11.4 Å². The molecule has 19 heavy (non-hydrogen) atoms. The topological polar surface area (TPSA) is 46.5 Å². The van der Waals surface area contributed by atoms with Gasteiger partial charge in [0.05, 0.1) is 11.7 Å². The number of aromatic nitrogens is 1. The summed E-state index contributed by atoms with van der Waals surface area (Å²) in [6.07, 6.45) is 5.77. The Labute approximate surface area is 111 Å². The van der Waals surface area contributed by atoms with Crippen molar-refractivity contribution in [1.82, 2.24) is 10.3 Å². The zero-order valence-corrected chi connectivity index (χ0v) is 10.8. The molecule has 0 saturated carbocycles. The highest BCUT2D eigenvalue weighted by atomic mass is 16.5. The molecule has 2 unspecified atom stereocenters. The maximum absolute atomic E-state index is 6.17. The summed E-state index contributed by atoms with van der Waals surface area (Å²) in [4.78, 5) is 8.98. The van der Waals surface area contributed by atoms with Gasteiger partial charge in [-0.1, -0.05) is 0 Å². The van der Waals surface area contributed by atoms with Crippen LogP contribution in [0.25, 0.3) is 10.9 Å². The van der Waals surface area contributed by atoms with Gasteiger partial charge in [0.15, 0.2) is 5.72 Å². The van der Waals surface area contributed by atoms with Crippen LogP contribution in [0.4, 0.5) is 5.69 Å². The van der Waals surface area contributed by atoms with Crippen LogP contribution >= 0.6 is 0 Å². The van der Waals surface area contributed by atoms with Gasteiger partial charge >= 0.3 is 0 Å². The highest BCUT2D eigenvalue weighted by molar-refractivity contribution is 5.96. The summed E-state index contributed by atoms with van der Waals surface area (Å²) >= 11 is 0. The third kappa shape index (κ3) is 1.64. The molecule has 3 heterocycles. The van der Waals surface area contributed by atoms with Gasteiger partial charge in [-0.2, -0.15) is 0 Å². The summed E-state index contributed by atoms with van der Waals surface area (Å²) in [5.74, 6) is 0.838. The molecule has 0 aliphatic carbocycles. The zero-order valence-electron chi connectivity index (χ0n) is 10.8. The number of nitrogens with zero attached hydrogens (tertiary/aromatic N) is 2. The van der Waals surface area contributed by atoms with Crippen LogP contribution in [-0.4, -0.2) is 23.0 Å². The zero-order chi connectivity index (χ0) is 12.9. The van der Waals surface area contributed by atoms with Crippen molar-refractivity contribution in [2.75, 3.05) is 0 Å². The lowest BCUT2D eigenvalue weighted by Gasteiger charge is -2.31. The molecule has 4 nitrogen and oxygen atoms in total. The van der Waals surface area contributed by atoms with Crippen LogP contribution < -0.4 is 10.1 Å². The van der Waals surface area contributed by atoms with Gasteiger partial charge in [-0.25, -0.2) is 0 Å². The SMILES string of the molecule is CC1CCC2(C=Nc3c(ccc4ncccc34)O2)N1. The number of pyridine rings is 1. The van der Waals surface area contributed by atoms with E-state index in [9.17, 15) is 0 Å². The minimum Gasteiger partial charge on any atom is -0.465 e. The van der Waals surface area contributed by atoms with Crippen molar-refractivity contribution in [3.63, 3.8) is 0 Å². The van der Waals surface area contributed by atoms with E-state index in [-0.39, 0.29) is 0 Å². The molecule has 2 aromatic rings. The lowest BCUT2D eigenvalue weighted by molar-refractivity contribution is 0.123. The van der Waals surface area contributed by atoms with Gasteiger partial charge in [-0.3, -0.25) is 15.3 Å². The molecule has 1 saturated heterocycles. The number of benzene rings is 1. The molecular formula is C15H15N3O. The number of ether oxygens (including phenoxy) is 1. The quantitative estimate of drug-likeness (QED) is 0.785. The van der Waals surface area contributed by atoms with Gasteiger partial charge in [-0.15, -0.1) is 0 Å². The molecule has 1 fully saturated rings. The largest absolute Gasteiger partial charge is 0.465 e. The molecule has 2 aliphatic rings. The first kappa shape index (κ1) is 10.9. The van der Waals surface area contributed by atoms with Crippen LogP contribution in [0.2, 0.25) is 0 Å². The van der Waals surface area contributed by atoms with Gasteiger partial charge in [-0.05, 0) is 37.6 Å². The fourth-order valence-electron chi connectivity index (χ4n) is 2.90. The number of hydrogen-bond acceptors (Lipinski definition) is 4. The van der Waals surface area contributed by atoms with Crippen LogP contribution in [0.1, 0.15) is 19.8 Å². The highest BCUT2D eigenvalue weighted by Gasteiger charge is 2.40. The van der Waals surface area contributed by atoms with E-state index in [1.807, 2.05) is 30.5 Å². The van der Waals surface area contributed by atoms with Gasteiger partial charge in [0.2, 0.25) is 0 Å². The standard InChI is InChI=1S/C15H15N3O/c1-10-6-7-15(18-10)9-17-14-11-3-2-8-16-12(11)4-5-13(14)19-15/h2-5,8-10,18H,6-7H2,1H3. The Balaban J connectivity index is 1.84. The average molecular weight is 253 g/mol. The van der Waals surface area contributed by atoms with E-state index >= 15 is 0 Å². The van der Waals surface area contributed by atoms with Crippen LogP contribution in [0.5, 0.6) is 5.75 Å². The Kier molecular flexibility index (Phi) is 2.17. The summed E-state index contributed by atoms with van der Waals surface area (Å²) < 4.78 is 6.17. The van der Waals surface area contributed by atoms with E-state index in [0.29, 0.717) is 6.04 Å². The van der Waals surface area contributed by atoms with Crippen molar-refractivity contribution in [2.45, 2.75) is 31.5 Å². The fraction of sp³-hybridized carbons (Fsp3) is 0.333. The van der Waals surface area contributed by atoms with Crippen molar-refractivity contribution in [2.24, 2.45) is 4.99 Å². The lowest BCUT2D eigenvalue weighted by Crippen LogP contribution is -2.50. The Morgan fingerprint density at radius 2 is 2.32 bits per heavy atom. The molecule has 1 N–H and O–H groups in total. The van der Waals surface area contributed by atoms with Crippen LogP contribution in [0.15, 0.2) is 35.5 Å². The molecule has 2 atom stereocenters. The van der Waals surface area contributed by atoms with E-state index in [1.54, 1.807) is 6.20 Å². The van der Waals surface area contributed by atoms with Crippen LogP contribution in [-0.2, 0) is 0 Å². The Morgan fingerprint density at radius 1 is 1.37 bits per heavy atom. The molecule has 4 rings (SSSR count). The number of aliphatic imine (C=N–C) groups is 1. The van der Waals surface area contributed by atoms with E-state index in [4.69, 9.17) is 4.74 Å². The molecule has 1 aromatic heterocycles. The van der Waals surface area contributed by atoms with Crippen molar-refractivity contribution in [1.29, 1.82) is 0 Å². The maximum Gasteiger partial charge on any atom is 0.197 e. The summed E-state index contributed by atoms with van der Waals surface area (Å²) in [6, 6.07) is 8.38. The Bertz CT molecular complexity index is 682. The highest BCUT2D eigenvalue weighted by Crippen LogP contribution is 2.41. The summed E-state index contributed by atoms with van der Waals surface area (Å²) in [5, 5.41) is 4.51. The Morgan fingerprint density at radius 3 is 3.16 bits per heavy atom. The van der Waals surface area contributed by atoms with E-state index in [0.717, 1.165) is 35.2 Å². The average Bonchev–Trinajstić information content (AvgIpc) is 2.79. The first-order valence-electron chi connectivity index (χ1n) is 6.65. The lowest BCUT2D eigenvalue weighted by atomic mass is 10.1. The number of hydrogen-bond donors (Lipinski definition) is 1. The second-order valence-corrected chi connectivity index (χ2v) is 5.32. The minimum atomic E-state index is -0.414. The Hall–Kier alpha value is -1.94.